The van der Waals surface area contributed by atoms with E-state index in [1.165, 1.54) is 0 Å². The number of carbonyl (C=O) groups excluding carboxylic acids is 1. The van der Waals surface area contributed by atoms with Gasteiger partial charge in [-0.15, -0.1) is 0 Å². The summed E-state index contributed by atoms with van der Waals surface area (Å²) in [5.74, 6) is -0.0595. The molecule has 1 heterocycles. The number of halogens is 1. The van der Waals surface area contributed by atoms with Gasteiger partial charge < -0.3 is 11.1 Å². The highest BCUT2D eigenvalue weighted by Gasteiger charge is 2.34. The molecule has 4 nitrogen and oxygen atoms in total. The van der Waals surface area contributed by atoms with E-state index in [-0.39, 0.29) is 11.4 Å². The Morgan fingerprint density at radius 2 is 2.35 bits per heavy atom. The molecular formula is C12H16ClN3O. The van der Waals surface area contributed by atoms with Gasteiger partial charge in [0.2, 0.25) is 5.91 Å². The molecule has 17 heavy (non-hydrogen) atoms. The van der Waals surface area contributed by atoms with E-state index in [0.29, 0.717) is 17.3 Å². The van der Waals surface area contributed by atoms with E-state index in [4.69, 9.17) is 17.3 Å². The molecule has 92 valence electrons. The van der Waals surface area contributed by atoms with Crippen LogP contribution >= 0.6 is 11.6 Å². The van der Waals surface area contributed by atoms with Crippen LogP contribution in [0.5, 0.6) is 0 Å². The van der Waals surface area contributed by atoms with Crippen molar-refractivity contribution >= 4 is 23.2 Å². The molecule has 5 heteroatoms. The number of pyridine rings is 1. The highest BCUT2D eigenvalue weighted by Crippen LogP contribution is 2.32. The molecular weight excluding hydrogens is 238 g/mol. The number of aromatic nitrogens is 1. The van der Waals surface area contributed by atoms with Gasteiger partial charge in [-0.3, -0.25) is 4.79 Å². The van der Waals surface area contributed by atoms with E-state index in [9.17, 15) is 4.79 Å². The third-order valence-electron chi connectivity index (χ3n) is 3.16. The number of anilines is 1. The molecule has 0 aromatic carbocycles. The fourth-order valence-corrected chi connectivity index (χ4v) is 2.06. The van der Waals surface area contributed by atoms with Crippen molar-refractivity contribution in [2.75, 3.05) is 5.32 Å². The number of nitrogens with two attached hydrogens (primary N) is 1. The minimum atomic E-state index is -0.293. The average molecular weight is 254 g/mol. The second-order valence-corrected chi connectivity index (χ2v) is 5.13. The molecule has 1 saturated carbocycles. The van der Waals surface area contributed by atoms with Gasteiger partial charge in [-0.2, -0.15) is 0 Å². The molecule has 1 amide bonds. The van der Waals surface area contributed by atoms with E-state index in [0.717, 1.165) is 24.8 Å². The maximum absolute atomic E-state index is 11.8. The van der Waals surface area contributed by atoms with E-state index < -0.39 is 0 Å². The third kappa shape index (κ3) is 2.96. The van der Waals surface area contributed by atoms with Crippen LogP contribution < -0.4 is 11.1 Å². The van der Waals surface area contributed by atoms with E-state index >= 15 is 0 Å². The van der Waals surface area contributed by atoms with Crippen LogP contribution in [-0.2, 0) is 4.79 Å². The molecule has 1 aliphatic rings. The number of amides is 1. The summed E-state index contributed by atoms with van der Waals surface area (Å²) in [5, 5.41) is 3.25. The summed E-state index contributed by atoms with van der Waals surface area (Å²) in [4.78, 5) is 15.7. The number of nitrogens with zero attached hydrogens (tertiary/aromatic N) is 1. The topological polar surface area (TPSA) is 68.0 Å². The zero-order valence-electron chi connectivity index (χ0n) is 9.79. The first-order valence-electron chi connectivity index (χ1n) is 5.69. The normalized spacial score (nSPS) is 17.4. The lowest BCUT2D eigenvalue weighted by molar-refractivity contribution is -0.118. The van der Waals surface area contributed by atoms with Crippen LogP contribution in [0.3, 0.4) is 0 Å². The lowest BCUT2D eigenvalue weighted by atomic mass is 9.75. The van der Waals surface area contributed by atoms with Crippen molar-refractivity contribution in [3.05, 3.63) is 23.0 Å². The third-order valence-corrected chi connectivity index (χ3v) is 3.56. The molecule has 1 fully saturated rings. The van der Waals surface area contributed by atoms with Crippen LogP contribution in [0.2, 0.25) is 5.15 Å². The molecule has 0 spiro atoms. The minimum Gasteiger partial charge on any atom is -0.325 e. The van der Waals surface area contributed by atoms with Gasteiger partial charge in [0.05, 0.1) is 11.9 Å². The van der Waals surface area contributed by atoms with Crippen LogP contribution in [0.1, 0.15) is 31.2 Å². The first-order valence-corrected chi connectivity index (χ1v) is 6.07. The van der Waals surface area contributed by atoms with E-state index in [1.54, 1.807) is 12.3 Å². The first kappa shape index (κ1) is 12.3. The summed E-state index contributed by atoms with van der Waals surface area (Å²) in [5.41, 5.74) is 7.23. The Morgan fingerprint density at radius 3 is 2.88 bits per heavy atom. The summed E-state index contributed by atoms with van der Waals surface area (Å²) in [7, 11) is 0. The molecule has 2 rings (SSSR count). The van der Waals surface area contributed by atoms with Gasteiger partial charge in [0, 0.05) is 12.0 Å². The van der Waals surface area contributed by atoms with Crippen molar-refractivity contribution in [3.63, 3.8) is 0 Å². The van der Waals surface area contributed by atoms with Gasteiger partial charge in [-0.25, -0.2) is 4.98 Å². The first-order chi connectivity index (χ1) is 7.98. The molecule has 0 unspecified atom stereocenters. The van der Waals surface area contributed by atoms with Crippen LogP contribution in [-0.4, -0.2) is 16.4 Å². The van der Waals surface area contributed by atoms with Crippen molar-refractivity contribution in [2.45, 2.75) is 38.1 Å². The molecule has 0 radical (unpaired) electrons. The number of aryl methyl sites for hydroxylation is 1. The van der Waals surface area contributed by atoms with Crippen LogP contribution in [0, 0.1) is 6.92 Å². The van der Waals surface area contributed by atoms with Gasteiger partial charge in [-0.1, -0.05) is 11.6 Å². The summed E-state index contributed by atoms with van der Waals surface area (Å²) < 4.78 is 0. The van der Waals surface area contributed by atoms with Crippen molar-refractivity contribution in [3.8, 4) is 0 Å². The fraction of sp³-hybridized carbons (Fsp3) is 0.500. The fourth-order valence-electron chi connectivity index (χ4n) is 1.96. The molecule has 1 aromatic heterocycles. The molecule has 0 atom stereocenters. The van der Waals surface area contributed by atoms with Gasteiger partial charge in [-0.05, 0) is 37.8 Å². The molecule has 0 bridgehead atoms. The Labute approximate surface area is 106 Å². The summed E-state index contributed by atoms with van der Waals surface area (Å²) in [6.45, 7) is 1.85. The largest absolute Gasteiger partial charge is 0.325 e. The minimum absolute atomic E-state index is 0.0595. The quantitative estimate of drug-likeness (QED) is 0.812. The zero-order chi connectivity index (χ0) is 12.5. The summed E-state index contributed by atoms with van der Waals surface area (Å²) in [6, 6.07) is 1.80. The Kier molecular flexibility index (Phi) is 3.35. The van der Waals surface area contributed by atoms with Crippen molar-refractivity contribution in [1.82, 2.24) is 4.98 Å². The lowest BCUT2D eigenvalue weighted by Crippen LogP contribution is -2.48. The zero-order valence-corrected chi connectivity index (χ0v) is 10.5. The number of hydrogen-bond donors (Lipinski definition) is 2. The lowest BCUT2D eigenvalue weighted by Gasteiger charge is -2.37. The summed E-state index contributed by atoms with van der Waals surface area (Å²) >= 11 is 5.81. The smallest absolute Gasteiger partial charge is 0.226 e. The number of rotatable bonds is 3. The summed E-state index contributed by atoms with van der Waals surface area (Å²) in [6.07, 6.45) is 4.90. The molecule has 0 aliphatic heterocycles. The Balaban J connectivity index is 1.95. The Bertz CT molecular complexity index is 443. The van der Waals surface area contributed by atoms with Gasteiger partial charge in [0.15, 0.2) is 0 Å². The number of hydrogen-bond acceptors (Lipinski definition) is 3. The van der Waals surface area contributed by atoms with Gasteiger partial charge >= 0.3 is 0 Å². The van der Waals surface area contributed by atoms with Crippen molar-refractivity contribution < 1.29 is 4.79 Å². The average Bonchev–Trinajstić information content (AvgIpc) is 2.21. The predicted molar refractivity (Wildman–Crippen MR) is 68.0 cm³/mol. The molecule has 1 aromatic rings. The molecule has 1 aliphatic carbocycles. The van der Waals surface area contributed by atoms with Crippen molar-refractivity contribution in [2.24, 2.45) is 5.73 Å². The van der Waals surface area contributed by atoms with Crippen LogP contribution in [0.25, 0.3) is 0 Å². The predicted octanol–water partition coefficient (Wildman–Crippen LogP) is 2.25. The standard InChI is InChI=1S/C12H16ClN3O/c1-8-5-9(7-15-11(8)13)16-10(17)6-12(14)3-2-4-12/h5,7H,2-4,6,14H2,1H3,(H,16,17). The van der Waals surface area contributed by atoms with Crippen molar-refractivity contribution in [1.29, 1.82) is 0 Å². The SMILES string of the molecule is Cc1cc(NC(=O)CC2(N)CCC2)cnc1Cl. The maximum Gasteiger partial charge on any atom is 0.226 e. The number of carbonyl (C=O) groups is 1. The van der Waals surface area contributed by atoms with Gasteiger partial charge in [0.25, 0.3) is 0 Å². The highest BCUT2D eigenvalue weighted by molar-refractivity contribution is 6.30. The van der Waals surface area contributed by atoms with Crippen LogP contribution in [0.15, 0.2) is 12.3 Å². The van der Waals surface area contributed by atoms with E-state index in [2.05, 4.69) is 10.3 Å². The molecule has 0 saturated heterocycles. The van der Waals surface area contributed by atoms with E-state index in [1.807, 2.05) is 6.92 Å². The molecule has 3 N–H and O–H groups in total. The maximum atomic E-state index is 11.8. The Morgan fingerprint density at radius 1 is 1.65 bits per heavy atom. The monoisotopic (exact) mass is 253 g/mol. The van der Waals surface area contributed by atoms with Gasteiger partial charge in [0.1, 0.15) is 5.15 Å². The highest BCUT2D eigenvalue weighted by atomic mass is 35.5. The Hall–Kier alpha value is -1.13. The number of nitrogens with one attached hydrogen (secondary N) is 1. The second kappa shape index (κ2) is 4.63. The second-order valence-electron chi connectivity index (χ2n) is 4.77. The van der Waals surface area contributed by atoms with Crippen LogP contribution in [0.4, 0.5) is 5.69 Å².